The van der Waals surface area contributed by atoms with E-state index in [4.69, 9.17) is 0 Å². The van der Waals surface area contributed by atoms with Gasteiger partial charge in [-0.05, 0) is 13.0 Å². The largest absolute Gasteiger partial charge is 0.310 e. The summed E-state index contributed by atoms with van der Waals surface area (Å²) in [6, 6.07) is 3.43. The van der Waals surface area contributed by atoms with E-state index in [1.165, 1.54) is 12.1 Å². The first-order valence-electron chi connectivity index (χ1n) is 6.09. The van der Waals surface area contributed by atoms with E-state index in [-0.39, 0.29) is 6.04 Å². The summed E-state index contributed by atoms with van der Waals surface area (Å²) in [5, 5.41) is 7.32. The monoisotopic (exact) mass is 266 g/mol. The molecule has 1 N–H and O–H groups in total. The van der Waals surface area contributed by atoms with Crippen LogP contribution in [0.15, 0.2) is 24.5 Å². The van der Waals surface area contributed by atoms with Crippen molar-refractivity contribution >= 4 is 0 Å². The first-order valence-corrected chi connectivity index (χ1v) is 6.09. The van der Waals surface area contributed by atoms with Gasteiger partial charge < -0.3 is 5.32 Å². The second-order valence-corrected chi connectivity index (χ2v) is 4.43. The zero-order valence-corrected chi connectivity index (χ0v) is 10.9. The quantitative estimate of drug-likeness (QED) is 0.900. The molecule has 0 amide bonds. The molecule has 102 valence electrons. The average Bonchev–Trinajstić information content (AvgIpc) is 2.75. The molecule has 4 nitrogen and oxygen atoms in total. The Hall–Kier alpha value is -1.82. The zero-order chi connectivity index (χ0) is 13.8. The molecule has 0 spiro atoms. The molecule has 0 aliphatic carbocycles. The topological polar surface area (TPSA) is 42.7 Å². The molecule has 1 heterocycles. The average molecular weight is 266 g/mol. The van der Waals surface area contributed by atoms with Crippen LogP contribution in [0.25, 0.3) is 0 Å². The molecule has 1 atom stereocenters. The van der Waals surface area contributed by atoms with Gasteiger partial charge in [-0.15, -0.1) is 0 Å². The summed E-state index contributed by atoms with van der Waals surface area (Å²) in [4.78, 5) is 4.10. The highest BCUT2D eigenvalue weighted by atomic mass is 19.1. The summed E-state index contributed by atoms with van der Waals surface area (Å²) >= 11 is 0. The van der Waals surface area contributed by atoms with Gasteiger partial charge in [-0.3, -0.25) is 4.68 Å². The maximum absolute atomic E-state index is 13.5. The van der Waals surface area contributed by atoms with Crippen molar-refractivity contribution in [1.29, 1.82) is 0 Å². The second kappa shape index (κ2) is 5.88. The summed E-state index contributed by atoms with van der Waals surface area (Å²) in [5.41, 5.74) is 0.454. The molecule has 2 aromatic rings. The van der Waals surface area contributed by atoms with E-state index in [1.54, 1.807) is 18.1 Å². The van der Waals surface area contributed by atoms with Crippen molar-refractivity contribution < 1.29 is 8.78 Å². The third-order valence-corrected chi connectivity index (χ3v) is 2.88. The van der Waals surface area contributed by atoms with Gasteiger partial charge in [0.25, 0.3) is 0 Å². The first-order chi connectivity index (χ1) is 9.06. The van der Waals surface area contributed by atoms with E-state index >= 15 is 0 Å². The van der Waals surface area contributed by atoms with Crippen molar-refractivity contribution in [2.45, 2.75) is 19.4 Å². The van der Waals surface area contributed by atoms with Gasteiger partial charge >= 0.3 is 0 Å². The molecule has 0 fully saturated rings. The maximum Gasteiger partial charge on any atom is 0.151 e. The highest BCUT2D eigenvalue weighted by Gasteiger charge is 2.11. The summed E-state index contributed by atoms with van der Waals surface area (Å²) < 4.78 is 28.0. The number of aromatic nitrogens is 3. The standard InChI is InChI=1S/C13H16F2N4/c1-9(11-4-3-10(14)7-12(11)15)16-6-5-13-17-8-19(2)18-13/h3-4,7-9,16H,5-6H2,1-2H3. The Morgan fingerprint density at radius 1 is 1.37 bits per heavy atom. The lowest BCUT2D eigenvalue weighted by atomic mass is 10.1. The zero-order valence-electron chi connectivity index (χ0n) is 10.9. The van der Waals surface area contributed by atoms with Crippen LogP contribution in [0.5, 0.6) is 0 Å². The minimum absolute atomic E-state index is 0.190. The fraction of sp³-hybridized carbons (Fsp3) is 0.385. The molecular formula is C13H16F2N4. The van der Waals surface area contributed by atoms with Gasteiger partial charge in [0, 0.05) is 37.7 Å². The number of hydrogen-bond acceptors (Lipinski definition) is 3. The first kappa shape index (κ1) is 13.6. The molecule has 0 aliphatic rings. The fourth-order valence-corrected chi connectivity index (χ4v) is 1.86. The molecule has 6 heteroatoms. The van der Waals surface area contributed by atoms with E-state index in [9.17, 15) is 8.78 Å². The Bertz CT molecular complexity index is 553. The molecule has 2 rings (SSSR count). The number of hydrogen-bond donors (Lipinski definition) is 1. The molecule has 0 radical (unpaired) electrons. The van der Waals surface area contributed by atoms with Gasteiger partial charge in [0.15, 0.2) is 5.82 Å². The van der Waals surface area contributed by atoms with Crippen molar-refractivity contribution in [1.82, 2.24) is 20.1 Å². The number of rotatable bonds is 5. The molecule has 0 saturated carbocycles. The minimum atomic E-state index is -0.564. The molecular weight excluding hydrogens is 250 g/mol. The highest BCUT2D eigenvalue weighted by Crippen LogP contribution is 2.17. The number of aryl methyl sites for hydroxylation is 1. The van der Waals surface area contributed by atoms with Crippen LogP contribution in [-0.4, -0.2) is 21.3 Å². The van der Waals surface area contributed by atoms with E-state index in [1.807, 2.05) is 6.92 Å². The predicted molar refractivity (Wildman–Crippen MR) is 67.5 cm³/mol. The van der Waals surface area contributed by atoms with Crippen molar-refractivity contribution in [2.24, 2.45) is 7.05 Å². The van der Waals surface area contributed by atoms with Crippen LogP contribution in [0.4, 0.5) is 8.78 Å². The number of benzene rings is 1. The maximum atomic E-state index is 13.5. The number of nitrogens with zero attached hydrogens (tertiary/aromatic N) is 3. The molecule has 19 heavy (non-hydrogen) atoms. The predicted octanol–water partition coefficient (Wildman–Crippen LogP) is 1.99. The van der Waals surface area contributed by atoms with Crippen LogP contribution < -0.4 is 5.32 Å². The van der Waals surface area contributed by atoms with Crippen molar-refractivity contribution in [3.63, 3.8) is 0 Å². The number of nitrogens with one attached hydrogen (secondary N) is 1. The molecule has 0 bridgehead atoms. The van der Waals surface area contributed by atoms with Crippen LogP contribution in [0.2, 0.25) is 0 Å². The van der Waals surface area contributed by atoms with Gasteiger partial charge in [-0.25, -0.2) is 13.8 Å². The number of halogens is 2. The van der Waals surface area contributed by atoms with Crippen LogP contribution in [0.1, 0.15) is 24.4 Å². The van der Waals surface area contributed by atoms with Gasteiger partial charge in [0.2, 0.25) is 0 Å². The van der Waals surface area contributed by atoms with Crippen LogP contribution in [-0.2, 0) is 13.5 Å². The summed E-state index contributed by atoms with van der Waals surface area (Å²) in [5.74, 6) is -0.358. The third kappa shape index (κ3) is 3.57. The smallest absolute Gasteiger partial charge is 0.151 e. The van der Waals surface area contributed by atoms with E-state index in [2.05, 4.69) is 15.4 Å². The lowest BCUT2D eigenvalue weighted by molar-refractivity contribution is 0.517. The molecule has 0 saturated heterocycles. The normalized spacial score (nSPS) is 12.6. The Morgan fingerprint density at radius 2 is 2.16 bits per heavy atom. The van der Waals surface area contributed by atoms with E-state index < -0.39 is 11.6 Å². The van der Waals surface area contributed by atoms with Crippen molar-refractivity contribution in [2.75, 3.05) is 6.54 Å². The Labute approximate surface area is 110 Å². The van der Waals surface area contributed by atoms with Crippen LogP contribution in [0.3, 0.4) is 0 Å². The molecule has 1 unspecified atom stereocenters. The lowest BCUT2D eigenvalue weighted by Crippen LogP contribution is -2.22. The van der Waals surface area contributed by atoms with E-state index in [0.717, 1.165) is 11.9 Å². The molecule has 1 aromatic heterocycles. The summed E-state index contributed by atoms with van der Waals surface area (Å²) in [6.45, 7) is 2.46. The second-order valence-electron chi connectivity index (χ2n) is 4.43. The SMILES string of the molecule is CC(NCCc1ncn(C)n1)c1ccc(F)cc1F. The Morgan fingerprint density at radius 3 is 2.79 bits per heavy atom. The minimum Gasteiger partial charge on any atom is -0.310 e. The van der Waals surface area contributed by atoms with Gasteiger partial charge in [-0.1, -0.05) is 6.07 Å². The summed E-state index contributed by atoms with van der Waals surface area (Å²) in [6.07, 6.45) is 2.30. The van der Waals surface area contributed by atoms with Gasteiger partial charge in [-0.2, -0.15) is 5.10 Å². The third-order valence-electron chi connectivity index (χ3n) is 2.88. The van der Waals surface area contributed by atoms with Crippen LogP contribution in [0, 0.1) is 11.6 Å². The van der Waals surface area contributed by atoms with Crippen LogP contribution >= 0.6 is 0 Å². The van der Waals surface area contributed by atoms with Crippen molar-refractivity contribution in [3.05, 3.63) is 47.5 Å². The highest BCUT2D eigenvalue weighted by molar-refractivity contribution is 5.21. The molecule has 0 aliphatic heterocycles. The van der Waals surface area contributed by atoms with E-state index in [0.29, 0.717) is 18.5 Å². The van der Waals surface area contributed by atoms with Gasteiger partial charge in [0.1, 0.15) is 18.0 Å². The fourth-order valence-electron chi connectivity index (χ4n) is 1.86. The van der Waals surface area contributed by atoms with Gasteiger partial charge in [0.05, 0.1) is 0 Å². The molecule has 1 aromatic carbocycles. The lowest BCUT2D eigenvalue weighted by Gasteiger charge is -2.14. The Kier molecular flexibility index (Phi) is 4.21. The Balaban J connectivity index is 1.88. The van der Waals surface area contributed by atoms with Crippen molar-refractivity contribution in [3.8, 4) is 0 Å². The summed E-state index contributed by atoms with van der Waals surface area (Å²) in [7, 11) is 1.81.